The number of halogens is 1. The summed E-state index contributed by atoms with van der Waals surface area (Å²) in [5.41, 5.74) is 2.12. The third kappa shape index (κ3) is 1.75. The largest absolute Gasteiger partial charge is 0.497 e. The van der Waals surface area contributed by atoms with Crippen LogP contribution in [0.5, 0.6) is 5.75 Å². The lowest BCUT2D eigenvalue weighted by Gasteiger charge is -2.02. The molecule has 0 fully saturated rings. The fourth-order valence-electron chi connectivity index (χ4n) is 1.25. The van der Waals surface area contributed by atoms with E-state index in [2.05, 4.69) is 32.8 Å². The van der Waals surface area contributed by atoms with Gasteiger partial charge in [0, 0.05) is 5.56 Å². The molecule has 1 heterocycles. The van der Waals surface area contributed by atoms with E-state index in [0.717, 1.165) is 20.6 Å². The molecule has 4 heteroatoms. The number of nitrogens with one attached hydrogen (secondary N) is 1. The molecule has 0 aliphatic carbocycles. The summed E-state index contributed by atoms with van der Waals surface area (Å²) in [5, 5.41) is 6.94. The maximum absolute atomic E-state index is 5.16. The van der Waals surface area contributed by atoms with Gasteiger partial charge in [0.15, 0.2) is 0 Å². The molecular formula is C10H9IN2O. The number of methoxy groups -OCH3 is 1. The van der Waals surface area contributed by atoms with Gasteiger partial charge in [0.05, 0.1) is 22.6 Å². The summed E-state index contributed by atoms with van der Waals surface area (Å²) in [6, 6.07) is 7.89. The van der Waals surface area contributed by atoms with Crippen LogP contribution in [-0.4, -0.2) is 17.3 Å². The topological polar surface area (TPSA) is 37.9 Å². The Morgan fingerprint density at radius 3 is 2.93 bits per heavy atom. The molecule has 0 atom stereocenters. The zero-order valence-corrected chi connectivity index (χ0v) is 9.78. The molecule has 72 valence electrons. The van der Waals surface area contributed by atoms with Gasteiger partial charge < -0.3 is 4.74 Å². The van der Waals surface area contributed by atoms with E-state index in [0.29, 0.717) is 0 Å². The van der Waals surface area contributed by atoms with Crippen molar-refractivity contribution in [3.05, 3.63) is 34.0 Å². The van der Waals surface area contributed by atoms with E-state index in [-0.39, 0.29) is 0 Å². The predicted molar refractivity (Wildman–Crippen MR) is 63.3 cm³/mol. The average Bonchev–Trinajstić information content (AvgIpc) is 2.65. The molecule has 2 aromatic rings. The molecule has 0 radical (unpaired) electrons. The molecule has 0 unspecified atom stereocenters. The van der Waals surface area contributed by atoms with Crippen LogP contribution in [0.4, 0.5) is 0 Å². The normalized spacial score (nSPS) is 10.1. The molecule has 1 N–H and O–H groups in total. The second-order valence-electron chi connectivity index (χ2n) is 2.82. The van der Waals surface area contributed by atoms with Gasteiger partial charge in [0.1, 0.15) is 5.75 Å². The van der Waals surface area contributed by atoms with Crippen molar-refractivity contribution in [2.24, 2.45) is 0 Å². The standard InChI is InChI=1S/C10H9IN2O/c1-14-8-4-2-3-7(5-8)10-9(11)6-12-13-10/h2-6H,1H3,(H,12,13). The molecule has 0 saturated heterocycles. The first-order valence-electron chi connectivity index (χ1n) is 4.14. The molecule has 0 amide bonds. The first-order valence-corrected chi connectivity index (χ1v) is 5.22. The quantitative estimate of drug-likeness (QED) is 0.866. The first kappa shape index (κ1) is 9.51. The maximum atomic E-state index is 5.16. The van der Waals surface area contributed by atoms with Gasteiger partial charge in [-0.1, -0.05) is 12.1 Å². The summed E-state index contributed by atoms with van der Waals surface area (Å²) in [7, 11) is 1.66. The molecule has 0 bridgehead atoms. The summed E-state index contributed by atoms with van der Waals surface area (Å²) >= 11 is 2.25. The van der Waals surface area contributed by atoms with Crippen molar-refractivity contribution < 1.29 is 4.74 Å². The van der Waals surface area contributed by atoms with Crippen LogP contribution < -0.4 is 4.74 Å². The Morgan fingerprint density at radius 2 is 2.29 bits per heavy atom. The smallest absolute Gasteiger partial charge is 0.119 e. The SMILES string of the molecule is COc1cccc(-c2[nH]ncc2I)c1. The second-order valence-corrected chi connectivity index (χ2v) is 3.99. The van der Waals surface area contributed by atoms with Crippen LogP contribution >= 0.6 is 22.6 Å². The van der Waals surface area contributed by atoms with Gasteiger partial charge in [-0.2, -0.15) is 5.10 Å². The van der Waals surface area contributed by atoms with Crippen molar-refractivity contribution in [2.45, 2.75) is 0 Å². The van der Waals surface area contributed by atoms with Crippen molar-refractivity contribution in [1.82, 2.24) is 10.2 Å². The number of aromatic amines is 1. The molecule has 0 spiro atoms. The number of benzene rings is 1. The minimum Gasteiger partial charge on any atom is -0.497 e. The Labute approximate surface area is 95.6 Å². The van der Waals surface area contributed by atoms with Crippen LogP contribution in [0.1, 0.15) is 0 Å². The fraction of sp³-hybridized carbons (Fsp3) is 0.100. The van der Waals surface area contributed by atoms with Crippen LogP contribution in [0.3, 0.4) is 0 Å². The second kappa shape index (κ2) is 4.00. The van der Waals surface area contributed by atoms with E-state index in [9.17, 15) is 0 Å². The van der Waals surface area contributed by atoms with Gasteiger partial charge in [-0.05, 0) is 34.7 Å². The van der Waals surface area contributed by atoms with Crippen LogP contribution in [-0.2, 0) is 0 Å². The highest BCUT2D eigenvalue weighted by atomic mass is 127. The molecule has 1 aromatic heterocycles. The Hall–Kier alpha value is -1.04. The molecule has 14 heavy (non-hydrogen) atoms. The van der Waals surface area contributed by atoms with Gasteiger partial charge in [-0.15, -0.1) is 0 Å². The number of hydrogen-bond acceptors (Lipinski definition) is 2. The van der Waals surface area contributed by atoms with Crippen LogP contribution in [0, 0.1) is 3.57 Å². The Kier molecular flexibility index (Phi) is 2.72. The third-order valence-electron chi connectivity index (χ3n) is 1.95. The zero-order valence-electron chi connectivity index (χ0n) is 7.62. The van der Waals surface area contributed by atoms with Crippen LogP contribution in [0.15, 0.2) is 30.5 Å². The van der Waals surface area contributed by atoms with Gasteiger partial charge in [0.2, 0.25) is 0 Å². The lowest BCUT2D eigenvalue weighted by Crippen LogP contribution is -1.85. The lowest BCUT2D eigenvalue weighted by atomic mass is 10.1. The summed E-state index contributed by atoms with van der Waals surface area (Å²) in [6.45, 7) is 0. The van der Waals surface area contributed by atoms with Gasteiger partial charge >= 0.3 is 0 Å². The average molecular weight is 300 g/mol. The van der Waals surface area contributed by atoms with Crippen LogP contribution in [0.25, 0.3) is 11.3 Å². The molecule has 2 rings (SSSR count). The van der Waals surface area contributed by atoms with E-state index in [1.165, 1.54) is 0 Å². The van der Waals surface area contributed by atoms with Gasteiger partial charge in [-0.3, -0.25) is 5.10 Å². The number of ether oxygens (including phenoxy) is 1. The van der Waals surface area contributed by atoms with E-state index >= 15 is 0 Å². The third-order valence-corrected chi connectivity index (χ3v) is 2.77. The summed E-state index contributed by atoms with van der Waals surface area (Å²) < 4.78 is 6.26. The van der Waals surface area contributed by atoms with Crippen LogP contribution in [0.2, 0.25) is 0 Å². The van der Waals surface area contributed by atoms with E-state index in [4.69, 9.17) is 4.74 Å². The number of aromatic nitrogens is 2. The number of nitrogens with zero attached hydrogens (tertiary/aromatic N) is 1. The highest BCUT2D eigenvalue weighted by Gasteiger charge is 2.05. The Bertz CT molecular complexity index is 439. The Morgan fingerprint density at radius 1 is 1.43 bits per heavy atom. The van der Waals surface area contributed by atoms with Crippen molar-refractivity contribution in [1.29, 1.82) is 0 Å². The molecular weight excluding hydrogens is 291 g/mol. The monoisotopic (exact) mass is 300 g/mol. The number of rotatable bonds is 2. The summed E-state index contributed by atoms with van der Waals surface area (Å²) in [6.07, 6.45) is 1.80. The maximum Gasteiger partial charge on any atom is 0.119 e. The van der Waals surface area contributed by atoms with Crippen molar-refractivity contribution in [3.63, 3.8) is 0 Å². The highest BCUT2D eigenvalue weighted by molar-refractivity contribution is 14.1. The molecule has 0 aliphatic rings. The van der Waals surface area contributed by atoms with E-state index in [1.54, 1.807) is 13.3 Å². The molecule has 0 saturated carbocycles. The Balaban J connectivity index is 2.47. The fourth-order valence-corrected chi connectivity index (χ4v) is 1.82. The minimum atomic E-state index is 0.855. The highest BCUT2D eigenvalue weighted by Crippen LogP contribution is 2.25. The first-order chi connectivity index (χ1) is 6.81. The van der Waals surface area contributed by atoms with Crippen molar-refractivity contribution in [2.75, 3.05) is 7.11 Å². The van der Waals surface area contributed by atoms with Crippen molar-refractivity contribution in [3.8, 4) is 17.0 Å². The molecule has 0 aliphatic heterocycles. The zero-order chi connectivity index (χ0) is 9.97. The van der Waals surface area contributed by atoms with Gasteiger partial charge in [0.25, 0.3) is 0 Å². The van der Waals surface area contributed by atoms with E-state index < -0.39 is 0 Å². The number of hydrogen-bond donors (Lipinski definition) is 1. The summed E-state index contributed by atoms with van der Waals surface area (Å²) in [4.78, 5) is 0. The van der Waals surface area contributed by atoms with Crippen molar-refractivity contribution >= 4 is 22.6 Å². The van der Waals surface area contributed by atoms with Gasteiger partial charge in [-0.25, -0.2) is 0 Å². The minimum absolute atomic E-state index is 0.855. The number of H-pyrrole nitrogens is 1. The van der Waals surface area contributed by atoms with E-state index in [1.807, 2.05) is 24.3 Å². The summed E-state index contributed by atoms with van der Waals surface area (Å²) in [5.74, 6) is 0.855. The molecule has 1 aromatic carbocycles. The molecule has 3 nitrogen and oxygen atoms in total. The predicted octanol–water partition coefficient (Wildman–Crippen LogP) is 2.69. The lowest BCUT2D eigenvalue weighted by molar-refractivity contribution is 0.415.